The number of primary amides is 1. The van der Waals surface area contributed by atoms with E-state index in [1.807, 2.05) is 54.7 Å². The summed E-state index contributed by atoms with van der Waals surface area (Å²) in [6.45, 7) is 0. The predicted molar refractivity (Wildman–Crippen MR) is 108 cm³/mol. The fraction of sp³-hybridized carbons (Fsp3) is 0.273. The van der Waals surface area contributed by atoms with Crippen LogP contribution in [0.1, 0.15) is 42.5 Å². The van der Waals surface area contributed by atoms with Crippen LogP contribution in [0.25, 0.3) is 17.1 Å². The minimum absolute atomic E-state index is 0.395. The van der Waals surface area contributed by atoms with Crippen LogP contribution < -0.4 is 11.1 Å². The molecule has 5 nitrogen and oxygen atoms in total. The zero-order valence-electron chi connectivity index (χ0n) is 15.3. The van der Waals surface area contributed by atoms with Gasteiger partial charge in [0.25, 0.3) is 5.91 Å². The first-order valence-corrected chi connectivity index (χ1v) is 9.52. The smallest absolute Gasteiger partial charge is 0.250 e. The van der Waals surface area contributed by atoms with Crippen molar-refractivity contribution in [1.29, 1.82) is 0 Å². The van der Waals surface area contributed by atoms with Crippen molar-refractivity contribution in [2.24, 2.45) is 5.73 Å². The Bertz CT molecular complexity index is 926. The number of hydrogen-bond donors (Lipinski definition) is 2. The van der Waals surface area contributed by atoms with Crippen molar-refractivity contribution in [1.82, 2.24) is 9.55 Å². The summed E-state index contributed by atoms with van der Waals surface area (Å²) >= 11 is 0. The molecule has 27 heavy (non-hydrogen) atoms. The van der Waals surface area contributed by atoms with E-state index in [2.05, 4.69) is 14.9 Å². The van der Waals surface area contributed by atoms with Gasteiger partial charge in [-0.1, -0.05) is 25.3 Å². The van der Waals surface area contributed by atoms with Crippen LogP contribution in [0, 0.1) is 0 Å². The van der Waals surface area contributed by atoms with Gasteiger partial charge in [-0.05, 0) is 55.3 Å². The molecule has 0 saturated heterocycles. The summed E-state index contributed by atoms with van der Waals surface area (Å²) in [6, 6.07) is 16.1. The monoisotopic (exact) mass is 360 g/mol. The van der Waals surface area contributed by atoms with Gasteiger partial charge in [-0.25, -0.2) is 0 Å². The van der Waals surface area contributed by atoms with Crippen molar-refractivity contribution >= 4 is 11.6 Å². The highest BCUT2D eigenvalue weighted by Crippen LogP contribution is 2.28. The summed E-state index contributed by atoms with van der Waals surface area (Å²) in [5.41, 5.74) is 9.85. The Kier molecular flexibility index (Phi) is 4.92. The maximum absolute atomic E-state index is 11.9. The van der Waals surface area contributed by atoms with Crippen molar-refractivity contribution in [2.75, 3.05) is 5.32 Å². The Hall–Kier alpha value is -3.08. The molecule has 138 valence electrons. The van der Waals surface area contributed by atoms with Crippen molar-refractivity contribution < 1.29 is 4.79 Å². The number of nitrogens with one attached hydrogen (secondary N) is 1. The SMILES string of the molecule is NC(=O)c1ccc(-n2cccc2-c2ccccn2)cc1NC1CCCCC1. The van der Waals surface area contributed by atoms with Crippen LogP contribution in [0.5, 0.6) is 0 Å². The summed E-state index contributed by atoms with van der Waals surface area (Å²) in [7, 11) is 0. The predicted octanol–water partition coefficient (Wildman–Crippen LogP) is 4.38. The molecule has 3 aromatic rings. The Balaban J connectivity index is 1.71. The van der Waals surface area contributed by atoms with Crippen molar-refractivity contribution in [3.63, 3.8) is 0 Å². The number of nitrogens with two attached hydrogens (primary N) is 1. The normalized spacial score (nSPS) is 14.8. The Morgan fingerprint density at radius 2 is 1.93 bits per heavy atom. The van der Waals surface area contributed by atoms with Gasteiger partial charge in [0.15, 0.2) is 0 Å². The Morgan fingerprint density at radius 3 is 2.67 bits per heavy atom. The molecule has 2 heterocycles. The number of carbonyl (C=O) groups excluding carboxylic acids is 1. The highest BCUT2D eigenvalue weighted by Gasteiger charge is 2.17. The third kappa shape index (κ3) is 3.72. The first kappa shape index (κ1) is 17.3. The van der Waals surface area contributed by atoms with E-state index in [1.165, 1.54) is 19.3 Å². The number of anilines is 1. The molecule has 4 rings (SSSR count). The van der Waals surface area contributed by atoms with Crippen molar-refractivity contribution in [2.45, 2.75) is 38.1 Å². The molecule has 0 aliphatic heterocycles. The summed E-state index contributed by atoms with van der Waals surface area (Å²) < 4.78 is 2.08. The minimum Gasteiger partial charge on any atom is -0.382 e. The number of nitrogens with zero attached hydrogens (tertiary/aromatic N) is 2. The Labute approximate surface area is 159 Å². The lowest BCUT2D eigenvalue weighted by Crippen LogP contribution is -2.24. The van der Waals surface area contributed by atoms with Gasteiger partial charge in [-0.3, -0.25) is 9.78 Å². The van der Waals surface area contributed by atoms with Crippen LogP contribution in [-0.4, -0.2) is 21.5 Å². The zero-order valence-corrected chi connectivity index (χ0v) is 15.3. The number of pyridine rings is 1. The fourth-order valence-corrected chi connectivity index (χ4v) is 3.81. The molecular weight excluding hydrogens is 336 g/mol. The maximum Gasteiger partial charge on any atom is 0.250 e. The number of carbonyl (C=O) groups is 1. The summed E-state index contributed by atoms with van der Waals surface area (Å²) in [5.74, 6) is -0.405. The van der Waals surface area contributed by atoms with E-state index in [4.69, 9.17) is 5.73 Å². The summed E-state index contributed by atoms with van der Waals surface area (Å²) in [6.07, 6.45) is 9.80. The molecule has 0 atom stereocenters. The lowest BCUT2D eigenvalue weighted by molar-refractivity contribution is 0.100. The molecule has 2 aromatic heterocycles. The van der Waals surface area contributed by atoms with Crippen LogP contribution in [-0.2, 0) is 0 Å². The molecule has 0 unspecified atom stereocenters. The van der Waals surface area contributed by atoms with Gasteiger partial charge in [0, 0.05) is 29.8 Å². The van der Waals surface area contributed by atoms with Gasteiger partial charge in [-0.2, -0.15) is 0 Å². The molecule has 1 amide bonds. The molecule has 1 aliphatic carbocycles. The molecule has 1 aromatic carbocycles. The number of rotatable bonds is 5. The first-order valence-electron chi connectivity index (χ1n) is 9.52. The number of benzene rings is 1. The van der Waals surface area contributed by atoms with Crippen LogP contribution in [0.4, 0.5) is 5.69 Å². The molecular formula is C22H24N4O. The highest BCUT2D eigenvalue weighted by molar-refractivity contribution is 5.99. The van der Waals surface area contributed by atoms with E-state index in [0.717, 1.165) is 35.6 Å². The quantitative estimate of drug-likeness (QED) is 0.709. The van der Waals surface area contributed by atoms with E-state index in [0.29, 0.717) is 11.6 Å². The molecule has 1 fully saturated rings. The van der Waals surface area contributed by atoms with Crippen LogP contribution in [0.15, 0.2) is 60.9 Å². The second kappa shape index (κ2) is 7.66. The average Bonchev–Trinajstić information content (AvgIpc) is 3.19. The molecule has 0 radical (unpaired) electrons. The highest BCUT2D eigenvalue weighted by atomic mass is 16.1. The van der Waals surface area contributed by atoms with Crippen molar-refractivity contribution in [3.05, 3.63) is 66.5 Å². The minimum atomic E-state index is -0.405. The average molecular weight is 360 g/mol. The summed E-state index contributed by atoms with van der Waals surface area (Å²) in [4.78, 5) is 16.4. The van der Waals surface area contributed by atoms with Gasteiger partial charge >= 0.3 is 0 Å². The number of aromatic nitrogens is 2. The lowest BCUT2D eigenvalue weighted by Gasteiger charge is -2.25. The van der Waals surface area contributed by atoms with Crippen LogP contribution in [0.3, 0.4) is 0 Å². The van der Waals surface area contributed by atoms with Gasteiger partial charge in [-0.15, -0.1) is 0 Å². The molecule has 3 N–H and O–H groups in total. The topological polar surface area (TPSA) is 72.9 Å². The standard InChI is InChI=1S/C22H24N4O/c23-22(27)18-12-11-17(15-20(18)25-16-7-2-1-3-8-16)26-14-6-10-21(26)19-9-4-5-13-24-19/h4-6,9-16,25H,1-3,7-8H2,(H2,23,27). The zero-order chi connectivity index (χ0) is 18.6. The molecule has 0 bridgehead atoms. The Morgan fingerprint density at radius 1 is 1.07 bits per heavy atom. The van der Waals surface area contributed by atoms with Crippen molar-refractivity contribution in [3.8, 4) is 17.1 Å². The third-order valence-corrected chi connectivity index (χ3v) is 5.19. The lowest BCUT2D eigenvalue weighted by atomic mass is 9.95. The third-order valence-electron chi connectivity index (χ3n) is 5.19. The maximum atomic E-state index is 11.9. The van der Waals surface area contributed by atoms with Gasteiger partial charge < -0.3 is 15.6 Å². The van der Waals surface area contributed by atoms with E-state index in [1.54, 1.807) is 6.20 Å². The number of hydrogen-bond acceptors (Lipinski definition) is 3. The fourth-order valence-electron chi connectivity index (χ4n) is 3.81. The second-order valence-corrected chi connectivity index (χ2v) is 7.05. The van der Waals surface area contributed by atoms with E-state index >= 15 is 0 Å². The van der Waals surface area contributed by atoms with Gasteiger partial charge in [0.2, 0.25) is 0 Å². The van der Waals surface area contributed by atoms with E-state index in [-0.39, 0.29) is 0 Å². The molecule has 1 saturated carbocycles. The van der Waals surface area contributed by atoms with Gasteiger partial charge in [0.1, 0.15) is 0 Å². The van der Waals surface area contributed by atoms with Crippen LogP contribution in [0.2, 0.25) is 0 Å². The molecule has 0 spiro atoms. The number of amides is 1. The largest absolute Gasteiger partial charge is 0.382 e. The summed E-state index contributed by atoms with van der Waals surface area (Å²) in [5, 5.41) is 3.56. The van der Waals surface area contributed by atoms with Gasteiger partial charge in [0.05, 0.1) is 17.0 Å². The van der Waals surface area contributed by atoms with E-state index in [9.17, 15) is 4.79 Å². The molecule has 1 aliphatic rings. The molecule has 5 heteroatoms. The second-order valence-electron chi connectivity index (χ2n) is 7.05. The van der Waals surface area contributed by atoms with Crippen LogP contribution >= 0.6 is 0 Å². The van der Waals surface area contributed by atoms with E-state index < -0.39 is 5.91 Å². The first-order chi connectivity index (χ1) is 13.2.